The number of para-hydroxylation sites is 1. The topological polar surface area (TPSA) is 50.7 Å². The van der Waals surface area contributed by atoms with E-state index in [2.05, 4.69) is 10.3 Å². The molecule has 0 aliphatic heterocycles. The largest absolute Gasteiger partial charge is 0.477 e. The first-order valence-corrected chi connectivity index (χ1v) is 6.42. The molecule has 0 aliphatic rings. The van der Waals surface area contributed by atoms with Gasteiger partial charge < -0.3 is 10.1 Å². The maximum atomic E-state index is 11.9. The number of carbonyl (C=O) groups is 1. The quantitative estimate of drug-likeness (QED) is 0.681. The zero-order chi connectivity index (χ0) is 14.2. The maximum Gasteiger partial charge on any atom is 0.348 e. The van der Waals surface area contributed by atoms with E-state index in [0.717, 1.165) is 5.56 Å². The van der Waals surface area contributed by atoms with E-state index in [9.17, 15) is 4.79 Å². The number of ether oxygens (including phenoxy) is 1. The van der Waals surface area contributed by atoms with E-state index in [1.54, 1.807) is 12.1 Å². The molecule has 0 saturated heterocycles. The third kappa shape index (κ3) is 3.95. The molecule has 1 N–H and O–H groups in total. The summed E-state index contributed by atoms with van der Waals surface area (Å²) in [4.78, 5) is 15.9. The molecule has 2 aromatic carbocycles. The zero-order valence-corrected chi connectivity index (χ0v) is 11.2. The van der Waals surface area contributed by atoms with Gasteiger partial charge in [-0.3, -0.25) is 0 Å². The highest BCUT2D eigenvalue weighted by atomic mass is 16.5. The van der Waals surface area contributed by atoms with E-state index in [0.29, 0.717) is 18.2 Å². The molecule has 0 atom stereocenters. The van der Waals surface area contributed by atoms with Crippen molar-refractivity contribution in [3.8, 4) is 0 Å². The van der Waals surface area contributed by atoms with Gasteiger partial charge in [0.25, 0.3) is 0 Å². The predicted molar refractivity (Wildman–Crippen MR) is 80.1 cm³/mol. The molecule has 20 heavy (non-hydrogen) atoms. The van der Waals surface area contributed by atoms with Crippen LogP contribution in [0.2, 0.25) is 0 Å². The van der Waals surface area contributed by atoms with Crippen LogP contribution in [0.1, 0.15) is 12.5 Å². The lowest BCUT2D eigenvalue weighted by Gasteiger charge is -2.07. The molecule has 0 fully saturated rings. The highest BCUT2D eigenvalue weighted by Gasteiger charge is 2.07. The molecule has 0 aromatic heterocycles. The molecule has 4 heteroatoms. The molecule has 4 nitrogen and oxygen atoms in total. The molecule has 0 heterocycles. The average Bonchev–Trinajstić information content (AvgIpc) is 2.49. The van der Waals surface area contributed by atoms with Gasteiger partial charge in [-0.1, -0.05) is 36.4 Å². The van der Waals surface area contributed by atoms with Gasteiger partial charge in [0.2, 0.25) is 5.90 Å². The van der Waals surface area contributed by atoms with Crippen LogP contribution in [0.4, 0.5) is 10.5 Å². The summed E-state index contributed by atoms with van der Waals surface area (Å²) >= 11 is 0. The third-order valence-corrected chi connectivity index (χ3v) is 2.53. The molecule has 2 rings (SSSR count). The molecule has 0 spiro atoms. The minimum atomic E-state index is -0.455. The van der Waals surface area contributed by atoms with Gasteiger partial charge in [0.1, 0.15) is 0 Å². The number of aliphatic imine (C=N–C) groups is 1. The van der Waals surface area contributed by atoms with Gasteiger partial charge >= 0.3 is 6.03 Å². The van der Waals surface area contributed by atoms with Gasteiger partial charge in [0.15, 0.2) is 0 Å². The smallest absolute Gasteiger partial charge is 0.348 e. The number of hydrogen-bond acceptors (Lipinski definition) is 2. The van der Waals surface area contributed by atoms with Crippen molar-refractivity contribution in [2.45, 2.75) is 6.92 Å². The number of nitrogens with one attached hydrogen (secondary N) is 1. The van der Waals surface area contributed by atoms with Crippen molar-refractivity contribution in [1.29, 1.82) is 0 Å². The second kappa shape index (κ2) is 7.09. The van der Waals surface area contributed by atoms with Crippen molar-refractivity contribution in [3.05, 3.63) is 66.2 Å². The Morgan fingerprint density at radius 3 is 2.25 bits per heavy atom. The van der Waals surface area contributed by atoms with Gasteiger partial charge in [-0.05, 0) is 31.2 Å². The van der Waals surface area contributed by atoms with Crippen molar-refractivity contribution >= 4 is 17.6 Å². The van der Waals surface area contributed by atoms with Gasteiger partial charge in [0.05, 0.1) is 6.61 Å². The lowest BCUT2D eigenvalue weighted by Crippen LogP contribution is -2.13. The summed E-state index contributed by atoms with van der Waals surface area (Å²) in [5.74, 6) is 0.321. The molecule has 0 saturated carbocycles. The summed E-state index contributed by atoms with van der Waals surface area (Å²) in [6.45, 7) is 2.31. The first-order chi connectivity index (χ1) is 9.79. The predicted octanol–water partition coefficient (Wildman–Crippen LogP) is 3.70. The maximum absolute atomic E-state index is 11.9. The van der Waals surface area contributed by atoms with Crippen LogP contribution in [0.5, 0.6) is 0 Å². The van der Waals surface area contributed by atoms with E-state index in [-0.39, 0.29) is 0 Å². The van der Waals surface area contributed by atoms with E-state index in [1.165, 1.54) is 0 Å². The lowest BCUT2D eigenvalue weighted by atomic mass is 10.2. The molecule has 2 aromatic rings. The fourth-order valence-electron chi connectivity index (χ4n) is 1.66. The number of hydrogen-bond donors (Lipinski definition) is 1. The normalized spacial score (nSPS) is 10.9. The number of anilines is 1. The van der Waals surface area contributed by atoms with Crippen molar-refractivity contribution < 1.29 is 9.53 Å². The molecular formula is C16H16N2O2. The molecule has 0 aliphatic carbocycles. The van der Waals surface area contributed by atoms with Crippen molar-refractivity contribution in [2.24, 2.45) is 4.99 Å². The monoisotopic (exact) mass is 268 g/mol. The second-order valence-corrected chi connectivity index (χ2v) is 4.01. The van der Waals surface area contributed by atoms with Crippen molar-refractivity contribution in [3.63, 3.8) is 0 Å². The summed E-state index contributed by atoms with van der Waals surface area (Å²) in [6.07, 6.45) is 0. The summed E-state index contributed by atoms with van der Waals surface area (Å²) in [5.41, 5.74) is 1.47. The van der Waals surface area contributed by atoms with Crippen LogP contribution in [0, 0.1) is 0 Å². The minimum absolute atomic E-state index is 0.321. The van der Waals surface area contributed by atoms with E-state index in [1.807, 2.05) is 55.5 Å². The van der Waals surface area contributed by atoms with Crippen LogP contribution in [0.15, 0.2) is 65.7 Å². The van der Waals surface area contributed by atoms with Crippen molar-refractivity contribution in [2.75, 3.05) is 11.9 Å². The Labute approximate surface area is 118 Å². The van der Waals surface area contributed by atoms with Crippen LogP contribution in [-0.2, 0) is 4.74 Å². The van der Waals surface area contributed by atoms with Crippen LogP contribution < -0.4 is 5.32 Å². The zero-order valence-electron chi connectivity index (χ0n) is 11.2. The van der Waals surface area contributed by atoms with Gasteiger partial charge in [-0.15, -0.1) is 0 Å². The van der Waals surface area contributed by atoms with Gasteiger partial charge in [0, 0.05) is 11.3 Å². The van der Waals surface area contributed by atoms with Crippen molar-refractivity contribution in [1.82, 2.24) is 0 Å². The Kier molecular flexibility index (Phi) is 4.89. The molecular weight excluding hydrogens is 252 g/mol. The first-order valence-electron chi connectivity index (χ1n) is 6.42. The second-order valence-electron chi connectivity index (χ2n) is 4.01. The summed E-state index contributed by atoms with van der Waals surface area (Å²) in [6, 6.07) is 18.1. The Morgan fingerprint density at radius 2 is 1.65 bits per heavy atom. The Morgan fingerprint density at radius 1 is 1.05 bits per heavy atom. The summed E-state index contributed by atoms with van der Waals surface area (Å²) in [5, 5.41) is 2.69. The third-order valence-electron chi connectivity index (χ3n) is 2.53. The molecule has 2 amide bonds. The number of urea groups is 1. The van der Waals surface area contributed by atoms with E-state index in [4.69, 9.17) is 4.74 Å². The van der Waals surface area contributed by atoms with E-state index < -0.39 is 6.03 Å². The fraction of sp³-hybridized carbons (Fsp3) is 0.125. The minimum Gasteiger partial charge on any atom is -0.477 e. The Balaban J connectivity index is 2.15. The Bertz CT molecular complexity index is 580. The highest BCUT2D eigenvalue weighted by Crippen LogP contribution is 2.07. The van der Waals surface area contributed by atoms with Gasteiger partial charge in [-0.2, -0.15) is 4.99 Å². The molecule has 0 bridgehead atoms. The number of nitrogens with zero attached hydrogens (tertiary/aromatic N) is 1. The van der Waals surface area contributed by atoms with Gasteiger partial charge in [-0.25, -0.2) is 4.79 Å². The van der Waals surface area contributed by atoms with Crippen LogP contribution >= 0.6 is 0 Å². The number of rotatable bonds is 3. The summed E-state index contributed by atoms with van der Waals surface area (Å²) < 4.78 is 5.43. The van der Waals surface area contributed by atoms with Crippen LogP contribution in [-0.4, -0.2) is 18.5 Å². The van der Waals surface area contributed by atoms with Crippen LogP contribution in [0.25, 0.3) is 0 Å². The van der Waals surface area contributed by atoms with E-state index >= 15 is 0 Å². The Hall–Kier alpha value is -2.62. The standard InChI is InChI=1S/C16H16N2O2/c1-2-20-15(13-9-5-3-6-10-13)18-16(19)17-14-11-7-4-8-12-14/h3-12H,2H2,1H3,(H,17,19). The molecule has 0 radical (unpaired) electrons. The highest BCUT2D eigenvalue weighted by molar-refractivity contribution is 6.04. The number of carbonyl (C=O) groups excluding carboxylic acids is 1. The average molecular weight is 268 g/mol. The summed E-state index contributed by atoms with van der Waals surface area (Å²) in [7, 11) is 0. The lowest BCUT2D eigenvalue weighted by molar-refractivity contribution is 0.258. The number of amides is 2. The SMILES string of the molecule is CCOC(=NC(=O)Nc1ccccc1)c1ccccc1. The first kappa shape index (κ1) is 13.8. The molecule has 102 valence electrons. The number of benzene rings is 2. The fourth-order valence-corrected chi connectivity index (χ4v) is 1.66. The van der Waals surface area contributed by atoms with Crippen LogP contribution in [0.3, 0.4) is 0 Å². The molecule has 0 unspecified atom stereocenters.